The van der Waals surface area contributed by atoms with Crippen LogP contribution >= 0.6 is 23.4 Å². The summed E-state index contributed by atoms with van der Waals surface area (Å²) in [6, 6.07) is 16.8. The van der Waals surface area contributed by atoms with Gasteiger partial charge in [0.2, 0.25) is 5.91 Å². The van der Waals surface area contributed by atoms with Crippen LogP contribution in [0.4, 0.5) is 11.4 Å². The molecule has 194 valence electrons. The van der Waals surface area contributed by atoms with Gasteiger partial charge in [0.05, 0.1) is 40.2 Å². The molecule has 0 saturated carbocycles. The number of allylic oxidation sites excluding steroid dienone is 2. The minimum atomic E-state index is -0.734. The van der Waals surface area contributed by atoms with Crippen LogP contribution in [0.15, 0.2) is 81.1 Å². The molecule has 4 rings (SSSR count). The molecule has 0 bridgehead atoms. The summed E-state index contributed by atoms with van der Waals surface area (Å²) in [6.07, 6.45) is 1.51. The fraction of sp³-hybridized carbons (Fsp3) is 0.207. The van der Waals surface area contributed by atoms with Gasteiger partial charge < -0.3 is 20.4 Å². The van der Waals surface area contributed by atoms with Crippen molar-refractivity contribution >= 4 is 46.6 Å². The number of thioether (sulfide) groups is 1. The molecule has 0 unspecified atom stereocenters. The Morgan fingerprint density at radius 2 is 1.79 bits per heavy atom. The number of aryl methyl sites for hydroxylation is 3. The second-order valence-electron chi connectivity index (χ2n) is 8.99. The minimum absolute atomic E-state index is 0.0428. The summed E-state index contributed by atoms with van der Waals surface area (Å²) in [5, 5.41) is 20.3. The number of hydrogen-bond donors (Lipinski definition) is 3. The normalized spacial score (nSPS) is 15.1. The molecule has 0 aliphatic carbocycles. The van der Waals surface area contributed by atoms with E-state index in [1.165, 1.54) is 18.0 Å². The summed E-state index contributed by atoms with van der Waals surface area (Å²) in [5.74, 6) is -0.815. The van der Waals surface area contributed by atoms with Crippen LogP contribution in [0, 0.1) is 32.1 Å². The van der Waals surface area contributed by atoms with Crippen molar-refractivity contribution in [3.8, 4) is 6.07 Å². The van der Waals surface area contributed by atoms with E-state index >= 15 is 0 Å². The molecule has 9 heteroatoms. The zero-order chi connectivity index (χ0) is 27.4. The van der Waals surface area contributed by atoms with Gasteiger partial charge in [-0.05, 0) is 68.7 Å². The highest BCUT2D eigenvalue weighted by molar-refractivity contribution is 8.03. The van der Waals surface area contributed by atoms with Gasteiger partial charge in [0.15, 0.2) is 0 Å². The number of dihydropyridines is 1. The molecule has 3 aromatic rings. The highest BCUT2D eigenvalue weighted by Gasteiger charge is 2.36. The first kappa shape index (κ1) is 27.1. The second-order valence-corrected chi connectivity index (χ2v) is 10.4. The fourth-order valence-electron chi connectivity index (χ4n) is 4.27. The number of nitrogens with one attached hydrogen (secondary N) is 3. The van der Waals surface area contributed by atoms with Crippen molar-refractivity contribution in [2.75, 3.05) is 16.4 Å². The summed E-state index contributed by atoms with van der Waals surface area (Å²) < 4.78 is 5.68. The molecule has 0 fully saturated rings. The van der Waals surface area contributed by atoms with Gasteiger partial charge >= 0.3 is 0 Å². The van der Waals surface area contributed by atoms with E-state index in [-0.39, 0.29) is 17.6 Å². The van der Waals surface area contributed by atoms with Crippen molar-refractivity contribution in [3.63, 3.8) is 0 Å². The molecule has 2 aromatic carbocycles. The number of hydrogen-bond acceptors (Lipinski definition) is 6. The standard InChI is InChI=1S/C29H27ClN4O3S/c1-16-10-11-20(13-22(16)30)33-24(35)15-38-29-21(14-31)26(23-9-6-12-37-23)25(19(4)32-29)28(36)34-27-17(2)7-5-8-18(27)3/h5-13,26,32H,15H2,1-4H3,(H,33,35)(H,34,36)/t26-/m0/s1. The largest absolute Gasteiger partial charge is 0.468 e. The van der Waals surface area contributed by atoms with Crippen molar-refractivity contribution in [1.29, 1.82) is 5.26 Å². The van der Waals surface area contributed by atoms with E-state index in [1.807, 2.05) is 45.0 Å². The number of nitrogens with zero attached hydrogens (tertiary/aromatic N) is 1. The first-order chi connectivity index (χ1) is 18.2. The number of anilines is 2. The molecule has 2 amide bonds. The summed E-state index contributed by atoms with van der Waals surface area (Å²) in [6.45, 7) is 7.52. The van der Waals surface area contributed by atoms with E-state index in [2.05, 4.69) is 22.0 Å². The van der Waals surface area contributed by atoms with Crippen molar-refractivity contribution in [2.45, 2.75) is 33.6 Å². The first-order valence-corrected chi connectivity index (χ1v) is 13.3. The third kappa shape index (κ3) is 5.80. The molecular weight excluding hydrogens is 520 g/mol. The van der Waals surface area contributed by atoms with Crippen molar-refractivity contribution in [2.24, 2.45) is 0 Å². The van der Waals surface area contributed by atoms with Gasteiger partial charge in [0.1, 0.15) is 5.76 Å². The lowest BCUT2D eigenvalue weighted by molar-refractivity contribution is -0.114. The number of furan rings is 1. The minimum Gasteiger partial charge on any atom is -0.468 e. The third-order valence-corrected chi connectivity index (χ3v) is 7.67. The van der Waals surface area contributed by atoms with Crippen LogP contribution in [0.3, 0.4) is 0 Å². The molecule has 2 heterocycles. The molecule has 38 heavy (non-hydrogen) atoms. The molecule has 1 aliphatic heterocycles. The lowest BCUT2D eigenvalue weighted by Crippen LogP contribution is -2.31. The van der Waals surface area contributed by atoms with Gasteiger partial charge in [-0.3, -0.25) is 9.59 Å². The molecule has 3 N–H and O–H groups in total. The van der Waals surface area contributed by atoms with Crippen LogP contribution in [-0.4, -0.2) is 17.6 Å². The molecule has 1 aromatic heterocycles. The Bertz CT molecular complexity index is 1480. The van der Waals surface area contributed by atoms with Crippen LogP contribution in [0.1, 0.15) is 35.3 Å². The van der Waals surface area contributed by atoms with Crippen LogP contribution in [0.5, 0.6) is 0 Å². The summed E-state index contributed by atoms with van der Waals surface area (Å²) in [7, 11) is 0. The van der Waals surface area contributed by atoms with Crippen molar-refractivity contribution < 1.29 is 14.0 Å². The van der Waals surface area contributed by atoms with Gasteiger partial charge in [-0.15, -0.1) is 0 Å². The maximum Gasteiger partial charge on any atom is 0.254 e. The Morgan fingerprint density at radius 1 is 1.05 bits per heavy atom. The van der Waals surface area contributed by atoms with E-state index < -0.39 is 5.92 Å². The zero-order valence-electron chi connectivity index (χ0n) is 21.4. The van der Waals surface area contributed by atoms with Crippen LogP contribution in [-0.2, 0) is 9.59 Å². The molecule has 0 spiro atoms. The molecular formula is C29H27ClN4O3S. The summed E-state index contributed by atoms with van der Waals surface area (Å²) >= 11 is 7.35. The van der Waals surface area contributed by atoms with Gasteiger partial charge in [0.25, 0.3) is 5.91 Å². The topological polar surface area (TPSA) is 107 Å². The predicted octanol–water partition coefficient (Wildman–Crippen LogP) is 6.56. The fourth-order valence-corrected chi connectivity index (χ4v) is 5.34. The maximum absolute atomic E-state index is 13.6. The monoisotopic (exact) mass is 546 g/mol. The molecule has 0 saturated heterocycles. The van der Waals surface area contributed by atoms with E-state index in [0.29, 0.717) is 38.3 Å². The van der Waals surface area contributed by atoms with Crippen molar-refractivity contribution in [3.05, 3.63) is 104 Å². The molecule has 1 atom stereocenters. The van der Waals surface area contributed by atoms with E-state index in [9.17, 15) is 14.9 Å². The van der Waals surface area contributed by atoms with Crippen LogP contribution < -0.4 is 16.0 Å². The average Bonchev–Trinajstić information content (AvgIpc) is 3.41. The van der Waals surface area contributed by atoms with Crippen molar-refractivity contribution in [1.82, 2.24) is 5.32 Å². The maximum atomic E-state index is 13.6. The third-order valence-electron chi connectivity index (χ3n) is 6.24. The number of benzene rings is 2. The van der Waals surface area contributed by atoms with E-state index in [1.54, 1.807) is 31.2 Å². The number of para-hydroxylation sites is 1. The highest BCUT2D eigenvalue weighted by Crippen LogP contribution is 2.41. The lowest BCUT2D eigenvalue weighted by atomic mass is 9.85. The Labute approximate surface area is 230 Å². The molecule has 1 aliphatic rings. The quantitative estimate of drug-likeness (QED) is 0.309. The number of halogens is 1. The van der Waals surface area contributed by atoms with Crippen LogP contribution in [0.2, 0.25) is 5.02 Å². The predicted molar refractivity (Wildman–Crippen MR) is 152 cm³/mol. The highest BCUT2D eigenvalue weighted by atomic mass is 35.5. The van der Waals surface area contributed by atoms with Gasteiger partial charge in [-0.1, -0.05) is 47.6 Å². The van der Waals surface area contributed by atoms with E-state index in [0.717, 1.165) is 22.4 Å². The molecule has 7 nitrogen and oxygen atoms in total. The van der Waals surface area contributed by atoms with Gasteiger partial charge in [0, 0.05) is 22.1 Å². The first-order valence-electron chi connectivity index (χ1n) is 11.9. The average molecular weight is 547 g/mol. The van der Waals surface area contributed by atoms with Crippen LogP contribution in [0.25, 0.3) is 0 Å². The van der Waals surface area contributed by atoms with Gasteiger partial charge in [-0.2, -0.15) is 5.26 Å². The number of amides is 2. The summed E-state index contributed by atoms with van der Waals surface area (Å²) in [5.41, 5.74) is 5.35. The second kappa shape index (κ2) is 11.6. The van der Waals surface area contributed by atoms with Gasteiger partial charge in [-0.25, -0.2) is 0 Å². The number of carbonyl (C=O) groups excluding carboxylic acids is 2. The SMILES string of the molecule is CC1=C(C(=O)Nc2c(C)cccc2C)[C@H](c2ccco2)C(C#N)=C(SCC(=O)Nc2ccc(C)c(Cl)c2)N1. The lowest BCUT2D eigenvalue weighted by Gasteiger charge is -2.28. The summed E-state index contributed by atoms with van der Waals surface area (Å²) in [4.78, 5) is 26.3. The number of rotatable bonds is 7. The van der Waals surface area contributed by atoms with E-state index in [4.69, 9.17) is 16.0 Å². The Kier molecular flexibility index (Phi) is 8.30. The Hall–Kier alpha value is -3.93. The number of carbonyl (C=O) groups is 2. The number of nitriles is 1. The molecule has 0 radical (unpaired) electrons. The zero-order valence-corrected chi connectivity index (χ0v) is 23.0. The smallest absolute Gasteiger partial charge is 0.254 e. The Balaban J connectivity index is 1.59. The Morgan fingerprint density at radius 3 is 2.42 bits per heavy atom.